The van der Waals surface area contributed by atoms with Gasteiger partial charge in [-0.25, -0.2) is 0 Å². The van der Waals surface area contributed by atoms with Crippen molar-refractivity contribution in [2.24, 2.45) is 17.8 Å². The van der Waals surface area contributed by atoms with Crippen LogP contribution in [0.5, 0.6) is 0 Å². The second kappa shape index (κ2) is 7.56. The maximum Gasteiger partial charge on any atom is 0.0310 e. The van der Waals surface area contributed by atoms with Gasteiger partial charge in [0.25, 0.3) is 0 Å². The molecule has 86 valence electrons. The molecular weight excluding hydrogens is 192 g/mol. The summed E-state index contributed by atoms with van der Waals surface area (Å²) in [5.41, 5.74) is 0. The molecule has 0 rings (SSSR count). The Hall–Kier alpha value is 0.290. The minimum atomic E-state index is 0.339. The molecule has 0 aliphatic rings. The molecule has 0 spiro atoms. The molecule has 1 heteroatoms. The first-order valence-corrected chi connectivity index (χ1v) is 6.55. The van der Waals surface area contributed by atoms with Crippen LogP contribution in [0.25, 0.3) is 0 Å². The van der Waals surface area contributed by atoms with Crippen molar-refractivity contribution in [3.63, 3.8) is 0 Å². The molecule has 0 heterocycles. The third-order valence-electron chi connectivity index (χ3n) is 3.20. The Labute approximate surface area is 95.4 Å². The van der Waals surface area contributed by atoms with Crippen LogP contribution in [0.15, 0.2) is 0 Å². The Morgan fingerprint density at radius 2 is 1.57 bits per heavy atom. The van der Waals surface area contributed by atoms with Gasteiger partial charge in [-0.3, -0.25) is 0 Å². The number of halogens is 1. The summed E-state index contributed by atoms with van der Waals surface area (Å²) in [5, 5.41) is 0.339. The van der Waals surface area contributed by atoms with Gasteiger partial charge in [-0.15, -0.1) is 11.6 Å². The van der Waals surface area contributed by atoms with Gasteiger partial charge in [0.1, 0.15) is 0 Å². The molecular formula is C13H27Cl. The second-order valence-corrected chi connectivity index (χ2v) is 5.87. The van der Waals surface area contributed by atoms with E-state index < -0.39 is 0 Å². The standard InChI is InChI=1S/C13H27Cl/c1-6-7-13(9-12(5)14)8-11(4)10(2)3/h10-13H,6-9H2,1-5H3/t11-,12?,13?/m0/s1. The molecule has 0 aromatic carbocycles. The first kappa shape index (κ1) is 14.3. The summed E-state index contributed by atoms with van der Waals surface area (Å²) in [7, 11) is 0. The van der Waals surface area contributed by atoms with Crippen LogP contribution in [0.1, 0.15) is 60.3 Å². The lowest BCUT2D eigenvalue weighted by atomic mass is 9.84. The molecule has 0 N–H and O–H groups in total. The maximum atomic E-state index is 6.07. The van der Waals surface area contributed by atoms with Crippen molar-refractivity contribution in [3.05, 3.63) is 0 Å². The minimum absolute atomic E-state index is 0.339. The Morgan fingerprint density at radius 3 is 1.93 bits per heavy atom. The Bertz CT molecular complexity index is 129. The highest BCUT2D eigenvalue weighted by molar-refractivity contribution is 6.20. The van der Waals surface area contributed by atoms with E-state index in [0.29, 0.717) is 5.38 Å². The molecule has 0 saturated heterocycles. The molecule has 2 unspecified atom stereocenters. The van der Waals surface area contributed by atoms with Gasteiger partial charge in [0.15, 0.2) is 0 Å². The van der Waals surface area contributed by atoms with E-state index in [1.54, 1.807) is 0 Å². The predicted molar refractivity (Wildman–Crippen MR) is 66.9 cm³/mol. The number of rotatable bonds is 7. The summed E-state index contributed by atoms with van der Waals surface area (Å²) in [4.78, 5) is 0. The van der Waals surface area contributed by atoms with E-state index in [4.69, 9.17) is 11.6 Å². The molecule has 14 heavy (non-hydrogen) atoms. The molecule has 0 radical (unpaired) electrons. The molecule has 0 aliphatic carbocycles. The quantitative estimate of drug-likeness (QED) is 0.522. The van der Waals surface area contributed by atoms with Crippen molar-refractivity contribution in [2.45, 2.75) is 65.7 Å². The minimum Gasteiger partial charge on any atom is -0.123 e. The van der Waals surface area contributed by atoms with Gasteiger partial charge in [0.2, 0.25) is 0 Å². The lowest BCUT2D eigenvalue weighted by Gasteiger charge is -2.23. The van der Waals surface area contributed by atoms with Crippen LogP contribution in [-0.4, -0.2) is 5.38 Å². The molecule has 0 bridgehead atoms. The zero-order chi connectivity index (χ0) is 11.1. The van der Waals surface area contributed by atoms with Crippen LogP contribution >= 0.6 is 11.6 Å². The first-order valence-electron chi connectivity index (χ1n) is 6.11. The van der Waals surface area contributed by atoms with E-state index in [-0.39, 0.29) is 0 Å². The van der Waals surface area contributed by atoms with E-state index in [1.165, 1.54) is 25.7 Å². The van der Waals surface area contributed by atoms with Gasteiger partial charge in [-0.05, 0) is 37.5 Å². The summed E-state index contributed by atoms with van der Waals surface area (Å²) in [6.07, 6.45) is 5.17. The van der Waals surface area contributed by atoms with Gasteiger partial charge >= 0.3 is 0 Å². The van der Waals surface area contributed by atoms with E-state index in [2.05, 4.69) is 34.6 Å². The highest BCUT2D eigenvalue weighted by atomic mass is 35.5. The van der Waals surface area contributed by atoms with Crippen molar-refractivity contribution in [1.29, 1.82) is 0 Å². The largest absolute Gasteiger partial charge is 0.123 e. The average molecular weight is 219 g/mol. The molecule has 0 aromatic rings. The fourth-order valence-electron chi connectivity index (χ4n) is 2.00. The van der Waals surface area contributed by atoms with Crippen molar-refractivity contribution in [1.82, 2.24) is 0 Å². The summed E-state index contributed by atoms with van der Waals surface area (Å²) < 4.78 is 0. The molecule has 0 nitrogen and oxygen atoms in total. The van der Waals surface area contributed by atoms with E-state index in [0.717, 1.165) is 17.8 Å². The monoisotopic (exact) mass is 218 g/mol. The first-order chi connectivity index (χ1) is 6.47. The van der Waals surface area contributed by atoms with Crippen LogP contribution in [-0.2, 0) is 0 Å². The van der Waals surface area contributed by atoms with Crippen LogP contribution in [0.3, 0.4) is 0 Å². The van der Waals surface area contributed by atoms with Crippen molar-refractivity contribution in [2.75, 3.05) is 0 Å². The van der Waals surface area contributed by atoms with E-state index in [9.17, 15) is 0 Å². The number of hydrogen-bond donors (Lipinski definition) is 0. The van der Waals surface area contributed by atoms with Crippen LogP contribution in [0.2, 0.25) is 0 Å². The molecule has 0 aromatic heterocycles. The Kier molecular flexibility index (Phi) is 7.72. The van der Waals surface area contributed by atoms with Gasteiger partial charge in [0, 0.05) is 5.38 Å². The maximum absolute atomic E-state index is 6.07. The third-order valence-corrected chi connectivity index (χ3v) is 3.38. The summed E-state index contributed by atoms with van der Waals surface area (Å²) >= 11 is 6.07. The summed E-state index contributed by atoms with van der Waals surface area (Å²) in [5.74, 6) is 2.48. The predicted octanol–water partition coefficient (Wildman–Crippen LogP) is 5.10. The number of hydrogen-bond acceptors (Lipinski definition) is 0. The van der Waals surface area contributed by atoms with Crippen LogP contribution in [0.4, 0.5) is 0 Å². The Balaban J connectivity index is 3.94. The second-order valence-electron chi connectivity index (χ2n) is 5.13. The zero-order valence-electron chi connectivity index (χ0n) is 10.5. The molecule has 0 fully saturated rings. The van der Waals surface area contributed by atoms with Crippen molar-refractivity contribution >= 4 is 11.6 Å². The van der Waals surface area contributed by atoms with Gasteiger partial charge < -0.3 is 0 Å². The summed E-state index contributed by atoms with van der Waals surface area (Å²) in [6.45, 7) is 11.4. The van der Waals surface area contributed by atoms with E-state index in [1.807, 2.05) is 0 Å². The van der Waals surface area contributed by atoms with Gasteiger partial charge in [0.05, 0.1) is 0 Å². The highest BCUT2D eigenvalue weighted by Crippen LogP contribution is 2.27. The van der Waals surface area contributed by atoms with Gasteiger partial charge in [-0.2, -0.15) is 0 Å². The molecule has 0 saturated carbocycles. The average Bonchev–Trinajstić information content (AvgIpc) is 2.02. The SMILES string of the molecule is CCCC(CC(C)Cl)C[C@H](C)C(C)C. The van der Waals surface area contributed by atoms with Crippen LogP contribution in [0, 0.1) is 17.8 Å². The third kappa shape index (κ3) is 6.70. The van der Waals surface area contributed by atoms with Gasteiger partial charge in [-0.1, -0.05) is 40.5 Å². The fourth-order valence-corrected chi connectivity index (χ4v) is 2.25. The number of alkyl halides is 1. The van der Waals surface area contributed by atoms with Crippen molar-refractivity contribution < 1.29 is 0 Å². The van der Waals surface area contributed by atoms with E-state index >= 15 is 0 Å². The van der Waals surface area contributed by atoms with Crippen molar-refractivity contribution in [3.8, 4) is 0 Å². The lowest BCUT2D eigenvalue weighted by Crippen LogP contribution is -2.14. The fraction of sp³-hybridized carbons (Fsp3) is 1.00. The highest BCUT2D eigenvalue weighted by Gasteiger charge is 2.16. The summed E-state index contributed by atoms with van der Waals surface area (Å²) in [6, 6.07) is 0. The molecule has 0 aliphatic heterocycles. The normalized spacial score (nSPS) is 18.2. The topological polar surface area (TPSA) is 0 Å². The zero-order valence-corrected chi connectivity index (χ0v) is 11.3. The Morgan fingerprint density at radius 1 is 1.00 bits per heavy atom. The van der Waals surface area contributed by atoms with Crippen LogP contribution < -0.4 is 0 Å². The smallest absolute Gasteiger partial charge is 0.0310 e. The lowest BCUT2D eigenvalue weighted by molar-refractivity contribution is 0.293. The molecule has 0 amide bonds. The molecule has 3 atom stereocenters.